The molecule has 2 atom stereocenters. The first-order chi connectivity index (χ1) is 8.29. The van der Waals surface area contributed by atoms with Crippen LogP contribution in [0.3, 0.4) is 0 Å². The Kier molecular flexibility index (Phi) is 4.57. The van der Waals surface area contributed by atoms with Gasteiger partial charge in [-0.3, -0.25) is 0 Å². The van der Waals surface area contributed by atoms with Gasteiger partial charge in [0.1, 0.15) is 5.82 Å². The van der Waals surface area contributed by atoms with Crippen molar-refractivity contribution < 1.29 is 4.74 Å². The van der Waals surface area contributed by atoms with E-state index in [9.17, 15) is 0 Å². The van der Waals surface area contributed by atoms with E-state index in [0.29, 0.717) is 12.1 Å². The molecule has 96 valence electrons. The van der Waals surface area contributed by atoms with Crippen molar-refractivity contribution >= 4 is 0 Å². The second-order valence-electron chi connectivity index (χ2n) is 4.86. The molecule has 1 aliphatic rings. The van der Waals surface area contributed by atoms with E-state index in [0.717, 1.165) is 31.7 Å². The van der Waals surface area contributed by atoms with Gasteiger partial charge < -0.3 is 14.6 Å². The van der Waals surface area contributed by atoms with Crippen molar-refractivity contribution in [2.75, 3.05) is 13.7 Å². The molecule has 1 aromatic rings. The van der Waals surface area contributed by atoms with Crippen LogP contribution in [0.25, 0.3) is 0 Å². The van der Waals surface area contributed by atoms with Gasteiger partial charge in [-0.2, -0.15) is 0 Å². The third-order valence-electron chi connectivity index (χ3n) is 3.62. The number of nitrogens with zero attached hydrogens (tertiary/aromatic N) is 2. The first-order valence-corrected chi connectivity index (χ1v) is 6.54. The molecule has 2 unspecified atom stereocenters. The Morgan fingerprint density at radius 2 is 2.53 bits per heavy atom. The molecule has 1 fully saturated rings. The lowest BCUT2D eigenvalue weighted by atomic mass is 10.0. The van der Waals surface area contributed by atoms with Crippen molar-refractivity contribution in [2.45, 2.75) is 44.2 Å². The summed E-state index contributed by atoms with van der Waals surface area (Å²) in [4.78, 5) is 4.38. The lowest BCUT2D eigenvalue weighted by Gasteiger charge is -2.18. The molecule has 4 heteroatoms. The maximum Gasteiger partial charge on any atom is 0.109 e. The molecule has 0 radical (unpaired) electrons. The maximum atomic E-state index is 5.66. The molecule has 0 amide bonds. The molecule has 0 aliphatic carbocycles. The molecule has 17 heavy (non-hydrogen) atoms. The van der Waals surface area contributed by atoms with Gasteiger partial charge in [-0.1, -0.05) is 0 Å². The van der Waals surface area contributed by atoms with Crippen molar-refractivity contribution in [3.05, 3.63) is 18.2 Å². The van der Waals surface area contributed by atoms with Crippen LogP contribution in [0.4, 0.5) is 0 Å². The Hall–Kier alpha value is -0.870. The monoisotopic (exact) mass is 237 g/mol. The Morgan fingerprint density at radius 1 is 1.65 bits per heavy atom. The Bertz CT molecular complexity index is 331. The van der Waals surface area contributed by atoms with Crippen LogP contribution in [0.15, 0.2) is 12.4 Å². The number of ether oxygens (including phenoxy) is 1. The van der Waals surface area contributed by atoms with Gasteiger partial charge in [-0.05, 0) is 32.7 Å². The second-order valence-corrected chi connectivity index (χ2v) is 4.86. The van der Waals surface area contributed by atoms with E-state index in [-0.39, 0.29) is 0 Å². The summed E-state index contributed by atoms with van der Waals surface area (Å²) >= 11 is 0. The third-order valence-corrected chi connectivity index (χ3v) is 3.62. The van der Waals surface area contributed by atoms with E-state index in [4.69, 9.17) is 4.74 Å². The first kappa shape index (κ1) is 12.6. The number of aromatic nitrogens is 2. The number of nitrogens with one attached hydrogen (secondary N) is 1. The van der Waals surface area contributed by atoms with Gasteiger partial charge in [-0.25, -0.2) is 4.98 Å². The number of aryl methyl sites for hydroxylation is 1. The van der Waals surface area contributed by atoms with Crippen LogP contribution in [0, 0.1) is 0 Å². The van der Waals surface area contributed by atoms with Gasteiger partial charge in [0.05, 0.1) is 6.10 Å². The zero-order valence-corrected chi connectivity index (χ0v) is 10.9. The van der Waals surface area contributed by atoms with Crippen LogP contribution in [0.2, 0.25) is 0 Å². The van der Waals surface area contributed by atoms with Crippen LogP contribution < -0.4 is 5.32 Å². The molecule has 1 aromatic heterocycles. The molecule has 1 aliphatic heterocycles. The Morgan fingerprint density at radius 3 is 3.12 bits per heavy atom. The predicted octanol–water partition coefficient (Wildman–Crippen LogP) is 1.51. The largest absolute Gasteiger partial charge is 0.378 e. The van der Waals surface area contributed by atoms with Crippen molar-refractivity contribution in [3.63, 3.8) is 0 Å². The van der Waals surface area contributed by atoms with Crippen LogP contribution >= 0.6 is 0 Å². The second kappa shape index (κ2) is 6.17. The average Bonchev–Trinajstić information content (AvgIpc) is 2.96. The summed E-state index contributed by atoms with van der Waals surface area (Å²) in [6.07, 6.45) is 10.1. The summed E-state index contributed by atoms with van der Waals surface area (Å²) in [6, 6.07) is 0.500. The Labute approximate surface area is 103 Å². The molecule has 4 nitrogen and oxygen atoms in total. The molecule has 0 bridgehead atoms. The standard InChI is InChI=1S/C13H23N3O/c1-14-11(5-6-12-4-3-9-17-12)10-13-15-7-8-16(13)2/h7-8,11-12,14H,3-6,9-10H2,1-2H3. The smallest absolute Gasteiger partial charge is 0.109 e. The first-order valence-electron chi connectivity index (χ1n) is 6.54. The summed E-state index contributed by atoms with van der Waals surface area (Å²) in [5.41, 5.74) is 0. The topological polar surface area (TPSA) is 39.1 Å². The number of hydrogen-bond donors (Lipinski definition) is 1. The summed E-state index contributed by atoms with van der Waals surface area (Å²) in [7, 11) is 4.08. The van der Waals surface area contributed by atoms with E-state index in [1.54, 1.807) is 0 Å². The van der Waals surface area contributed by atoms with Gasteiger partial charge in [0.25, 0.3) is 0 Å². The fourth-order valence-corrected chi connectivity index (χ4v) is 2.42. The number of likely N-dealkylation sites (N-methyl/N-ethyl adjacent to an activating group) is 1. The van der Waals surface area contributed by atoms with Crippen molar-refractivity contribution in [2.24, 2.45) is 7.05 Å². The van der Waals surface area contributed by atoms with Gasteiger partial charge in [0, 0.05) is 38.5 Å². The summed E-state index contributed by atoms with van der Waals surface area (Å²) < 4.78 is 7.75. The highest BCUT2D eigenvalue weighted by atomic mass is 16.5. The number of imidazole rings is 1. The molecule has 0 saturated carbocycles. The highest BCUT2D eigenvalue weighted by molar-refractivity contribution is 4.94. The molecule has 1 saturated heterocycles. The highest BCUT2D eigenvalue weighted by Gasteiger charge is 2.18. The number of hydrogen-bond acceptors (Lipinski definition) is 3. The molecule has 2 rings (SSSR count). The molecule has 0 aromatic carbocycles. The van der Waals surface area contributed by atoms with Gasteiger partial charge in [0.15, 0.2) is 0 Å². The fraction of sp³-hybridized carbons (Fsp3) is 0.769. The molecule has 1 N–H and O–H groups in total. The lowest BCUT2D eigenvalue weighted by molar-refractivity contribution is 0.0997. The normalized spacial score (nSPS) is 21.9. The van der Waals surface area contributed by atoms with Crippen molar-refractivity contribution in [1.82, 2.24) is 14.9 Å². The van der Waals surface area contributed by atoms with E-state index in [1.165, 1.54) is 12.8 Å². The van der Waals surface area contributed by atoms with Gasteiger partial charge in [0.2, 0.25) is 0 Å². The fourth-order valence-electron chi connectivity index (χ4n) is 2.42. The maximum absolute atomic E-state index is 5.66. The van der Waals surface area contributed by atoms with Crippen molar-refractivity contribution in [1.29, 1.82) is 0 Å². The van der Waals surface area contributed by atoms with E-state index in [2.05, 4.69) is 21.9 Å². The van der Waals surface area contributed by atoms with Crippen LogP contribution in [0.5, 0.6) is 0 Å². The predicted molar refractivity (Wildman–Crippen MR) is 68.0 cm³/mol. The third kappa shape index (κ3) is 3.54. The van der Waals surface area contributed by atoms with Gasteiger partial charge in [-0.15, -0.1) is 0 Å². The van der Waals surface area contributed by atoms with E-state index < -0.39 is 0 Å². The van der Waals surface area contributed by atoms with Crippen LogP contribution in [-0.4, -0.2) is 35.4 Å². The van der Waals surface area contributed by atoms with Crippen molar-refractivity contribution in [3.8, 4) is 0 Å². The molecule has 2 heterocycles. The quantitative estimate of drug-likeness (QED) is 0.815. The molecular weight excluding hydrogens is 214 g/mol. The zero-order chi connectivity index (χ0) is 12.1. The molecule has 0 spiro atoms. The average molecular weight is 237 g/mol. The minimum Gasteiger partial charge on any atom is -0.378 e. The number of rotatable bonds is 6. The zero-order valence-electron chi connectivity index (χ0n) is 10.9. The van der Waals surface area contributed by atoms with E-state index >= 15 is 0 Å². The minimum absolute atomic E-state index is 0.493. The van der Waals surface area contributed by atoms with Crippen LogP contribution in [0.1, 0.15) is 31.5 Å². The SMILES string of the molecule is CNC(CCC1CCCO1)Cc1nccn1C. The summed E-state index contributed by atoms with van der Waals surface area (Å²) in [5, 5.41) is 3.38. The minimum atomic E-state index is 0.493. The Balaban J connectivity index is 1.78. The summed E-state index contributed by atoms with van der Waals surface area (Å²) in [5.74, 6) is 1.15. The highest BCUT2D eigenvalue weighted by Crippen LogP contribution is 2.18. The van der Waals surface area contributed by atoms with E-state index in [1.807, 2.05) is 19.4 Å². The summed E-state index contributed by atoms with van der Waals surface area (Å²) in [6.45, 7) is 0.953. The molecular formula is C13H23N3O. The van der Waals surface area contributed by atoms with Crippen LogP contribution in [-0.2, 0) is 18.2 Å². The van der Waals surface area contributed by atoms with Gasteiger partial charge >= 0.3 is 0 Å². The lowest BCUT2D eigenvalue weighted by Crippen LogP contribution is -2.29.